The van der Waals surface area contributed by atoms with Gasteiger partial charge in [0.15, 0.2) is 5.78 Å². The zero-order valence-electron chi connectivity index (χ0n) is 16.4. The fourth-order valence-electron chi connectivity index (χ4n) is 3.17. The minimum absolute atomic E-state index is 0. The molecule has 2 aromatic heterocycles. The van der Waals surface area contributed by atoms with E-state index in [9.17, 15) is 4.79 Å². The average Bonchev–Trinajstić information content (AvgIpc) is 2.79. The van der Waals surface area contributed by atoms with Gasteiger partial charge >= 0.3 is 0 Å². The Labute approximate surface area is 191 Å². The smallest absolute Gasteiger partial charge is 0.238 e. The van der Waals surface area contributed by atoms with E-state index in [0.29, 0.717) is 35.5 Å². The standard InChI is InChI=1S/C24H17ClN4O2.CH4/c25-21-12-18(14-29-24(21)31-19-5-1-16(13-26)2-6-19)22(30)8-4-15-3-7-20-17(11-15)9-10-28-23(20)27;/h1-3,5-7,9-12,14H,4,8H2,(H2,27,28);1H4. The van der Waals surface area contributed by atoms with Gasteiger partial charge < -0.3 is 10.5 Å². The minimum atomic E-state index is -0.0614. The molecule has 0 bridgehead atoms. The summed E-state index contributed by atoms with van der Waals surface area (Å²) in [4.78, 5) is 20.9. The van der Waals surface area contributed by atoms with Crippen LogP contribution in [0.1, 0.15) is 35.3 Å². The number of nitrogen functional groups attached to an aromatic ring is 1. The van der Waals surface area contributed by atoms with E-state index < -0.39 is 0 Å². The number of aromatic nitrogens is 2. The molecule has 0 unspecified atom stereocenters. The molecule has 2 heterocycles. The predicted molar refractivity (Wildman–Crippen MR) is 126 cm³/mol. The number of ketones is 1. The van der Waals surface area contributed by atoms with E-state index in [2.05, 4.69) is 9.97 Å². The SMILES string of the molecule is C.N#Cc1ccc(Oc2ncc(C(=O)CCc3ccc4c(N)nccc4c3)cc2Cl)cc1. The molecule has 0 fully saturated rings. The lowest BCUT2D eigenvalue weighted by Gasteiger charge is -2.08. The van der Waals surface area contributed by atoms with Crippen molar-refractivity contribution in [1.82, 2.24) is 9.97 Å². The number of carbonyl (C=O) groups excluding carboxylic acids is 1. The maximum absolute atomic E-state index is 12.6. The summed E-state index contributed by atoms with van der Waals surface area (Å²) >= 11 is 6.27. The average molecular weight is 445 g/mol. The first-order chi connectivity index (χ1) is 15.0. The maximum Gasteiger partial charge on any atom is 0.238 e. The lowest BCUT2D eigenvalue weighted by Crippen LogP contribution is -2.03. The predicted octanol–water partition coefficient (Wildman–Crippen LogP) is 5.98. The molecule has 7 heteroatoms. The van der Waals surface area contributed by atoms with E-state index in [4.69, 9.17) is 27.3 Å². The number of rotatable bonds is 6. The number of halogens is 1. The fraction of sp³-hybridized carbons (Fsp3) is 0.120. The van der Waals surface area contributed by atoms with Crippen LogP contribution >= 0.6 is 11.6 Å². The van der Waals surface area contributed by atoms with Crippen LogP contribution in [0.5, 0.6) is 11.6 Å². The monoisotopic (exact) mass is 444 g/mol. The number of hydrogen-bond acceptors (Lipinski definition) is 6. The van der Waals surface area contributed by atoms with Gasteiger partial charge in [-0.15, -0.1) is 0 Å². The molecule has 0 aliphatic heterocycles. The van der Waals surface area contributed by atoms with E-state index >= 15 is 0 Å². The Hall–Kier alpha value is -3.95. The number of carbonyl (C=O) groups is 1. The molecule has 0 saturated carbocycles. The molecule has 4 aromatic rings. The van der Waals surface area contributed by atoms with Gasteiger partial charge in [-0.05, 0) is 53.8 Å². The highest BCUT2D eigenvalue weighted by Gasteiger charge is 2.12. The summed E-state index contributed by atoms with van der Waals surface area (Å²) in [6.45, 7) is 0. The molecule has 2 aromatic carbocycles. The second-order valence-electron chi connectivity index (χ2n) is 6.92. The third-order valence-corrected chi connectivity index (χ3v) is 5.10. The number of benzene rings is 2. The van der Waals surface area contributed by atoms with Crippen LogP contribution in [0.2, 0.25) is 5.02 Å². The summed E-state index contributed by atoms with van der Waals surface area (Å²) < 4.78 is 5.64. The molecule has 0 atom stereocenters. The Morgan fingerprint density at radius 2 is 1.88 bits per heavy atom. The largest absolute Gasteiger partial charge is 0.438 e. The first-order valence-corrected chi connectivity index (χ1v) is 9.91. The van der Waals surface area contributed by atoms with Crippen molar-refractivity contribution in [3.05, 3.63) is 88.7 Å². The molecule has 160 valence electrons. The van der Waals surface area contributed by atoms with Crippen LogP contribution in [0.15, 0.2) is 67.0 Å². The lowest BCUT2D eigenvalue weighted by molar-refractivity contribution is 0.0982. The number of anilines is 1. The van der Waals surface area contributed by atoms with Gasteiger partial charge in [-0.3, -0.25) is 4.79 Å². The van der Waals surface area contributed by atoms with E-state index in [1.807, 2.05) is 30.3 Å². The molecule has 6 nitrogen and oxygen atoms in total. The fourth-order valence-corrected chi connectivity index (χ4v) is 3.38. The third kappa shape index (κ3) is 5.02. The topological polar surface area (TPSA) is 102 Å². The normalized spacial score (nSPS) is 10.2. The first-order valence-electron chi connectivity index (χ1n) is 9.53. The summed E-state index contributed by atoms with van der Waals surface area (Å²) in [6, 6.07) is 18.0. The Balaban J connectivity index is 0.00000289. The number of hydrogen-bond donors (Lipinski definition) is 1. The molecule has 0 radical (unpaired) electrons. The molecule has 4 rings (SSSR count). The highest BCUT2D eigenvalue weighted by Crippen LogP contribution is 2.28. The number of Topliss-reactive ketones (excluding diaryl/α,β-unsaturated/α-hetero) is 1. The van der Waals surface area contributed by atoms with E-state index in [0.717, 1.165) is 16.3 Å². The number of fused-ring (bicyclic) bond motifs is 1. The lowest BCUT2D eigenvalue weighted by atomic mass is 10.0. The van der Waals surface area contributed by atoms with Crippen molar-refractivity contribution in [3.8, 4) is 17.7 Å². The van der Waals surface area contributed by atoms with Gasteiger partial charge in [-0.25, -0.2) is 9.97 Å². The van der Waals surface area contributed by atoms with Crippen LogP contribution < -0.4 is 10.5 Å². The number of pyridine rings is 2. The number of nitrogens with zero attached hydrogens (tertiary/aromatic N) is 3. The molecular weight excluding hydrogens is 424 g/mol. The first kappa shape index (κ1) is 22.7. The van der Waals surface area contributed by atoms with Crippen LogP contribution in [-0.2, 0) is 6.42 Å². The van der Waals surface area contributed by atoms with Crippen molar-refractivity contribution in [3.63, 3.8) is 0 Å². The number of nitrogens with two attached hydrogens (primary N) is 1. The summed E-state index contributed by atoms with van der Waals surface area (Å²) in [7, 11) is 0. The minimum Gasteiger partial charge on any atom is -0.438 e. The van der Waals surface area contributed by atoms with Crippen LogP contribution in [0.25, 0.3) is 10.8 Å². The molecule has 0 aliphatic rings. The van der Waals surface area contributed by atoms with Gasteiger partial charge in [0, 0.05) is 29.8 Å². The summed E-state index contributed by atoms with van der Waals surface area (Å²) in [5.41, 5.74) is 7.87. The zero-order valence-corrected chi connectivity index (χ0v) is 17.1. The maximum atomic E-state index is 12.6. The summed E-state index contributed by atoms with van der Waals surface area (Å²) in [5, 5.41) is 11.0. The summed E-state index contributed by atoms with van der Waals surface area (Å²) in [6.07, 6.45) is 4.03. The molecule has 0 aliphatic carbocycles. The molecule has 0 saturated heterocycles. The number of nitriles is 1. The van der Waals surface area contributed by atoms with Crippen LogP contribution in [-0.4, -0.2) is 15.8 Å². The van der Waals surface area contributed by atoms with Gasteiger partial charge in [0.25, 0.3) is 0 Å². The summed E-state index contributed by atoms with van der Waals surface area (Å²) in [5.74, 6) is 1.13. The quantitative estimate of drug-likeness (QED) is 0.367. The van der Waals surface area contributed by atoms with Crippen molar-refractivity contribution in [2.24, 2.45) is 0 Å². The highest BCUT2D eigenvalue weighted by atomic mass is 35.5. The van der Waals surface area contributed by atoms with Gasteiger partial charge in [0.2, 0.25) is 5.88 Å². The Morgan fingerprint density at radius 1 is 1.09 bits per heavy atom. The van der Waals surface area contributed by atoms with Crippen molar-refractivity contribution >= 4 is 34.0 Å². The van der Waals surface area contributed by atoms with Gasteiger partial charge in [0.1, 0.15) is 16.6 Å². The second-order valence-corrected chi connectivity index (χ2v) is 7.33. The van der Waals surface area contributed by atoms with Gasteiger partial charge in [-0.2, -0.15) is 5.26 Å². The van der Waals surface area contributed by atoms with Crippen LogP contribution in [0, 0.1) is 11.3 Å². The Bertz CT molecular complexity index is 1310. The Morgan fingerprint density at radius 3 is 2.59 bits per heavy atom. The van der Waals surface area contributed by atoms with Gasteiger partial charge in [0.05, 0.1) is 11.6 Å². The van der Waals surface area contributed by atoms with E-state index in [1.165, 1.54) is 6.20 Å². The molecular formula is C25H21ClN4O2. The third-order valence-electron chi connectivity index (χ3n) is 4.83. The van der Waals surface area contributed by atoms with E-state index in [-0.39, 0.29) is 24.1 Å². The second kappa shape index (κ2) is 9.90. The molecule has 0 amide bonds. The van der Waals surface area contributed by atoms with Gasteiger partial charge in [-0.1, -0.05) is 37.2 Å². The van der Waals surface area contributed by atoms with Crippen molar-refractivity contribution in [1.29, 1.82) is 5.26 Å². The number of ether oxygens (including phenoxy) is 1. The van der Waals surface area contributed by atoms with Crippen molar-refractivity contribution in [2.75, 3.05) is 5.73 Å². The van der Waals surface area contributed by atoms with Crippen molar-refractivity contribution < 1.29 is 9.53 Å². The molecule has 2 N–H and O–H groups in total. The highest BCUT2D eigenvalue weighted by molar-refractivity contribution is 6.32. The zero-order chi connectivity index (χ0) is 21.8. The van der Waals surface area contributed by atoms with Crippen LogP contribution in [0.4, 0.5) is 5.82 Å². The molecule has 0 spiro atoms. The number of aryl methyl sites for hydroxylation is 1. The molecule has 32 heavy (non-hydrogen) atoms. The van der Waals surface area contributed by atoms with Crippen LogP contribution in [0.3, 0.4) is 0 Å². The Kier molecular flexibility index (Phi) is 7.04. The van der Waals surface area contributed by atoms with Crippen molar-refractivity contribution in [2.45, 2.75) is 20.3 Å². The van der Waals surface area contributed by atoms with E-state index in [1.54, 1.807) is 36.5 Å².